The van der Waals surface area contributed by atoms with Crippen LogP contribution in [0.25, 0.3) is 34.2 Å². The van der Waals surface area contributed by atoms with Gasteiger partial charge in [-0.3, -0.25) is 5.10 Å². The van der Waals surface area contributed by atoms with E-state index in [-0.39, 0.29) is 0 Å². The molecule has 25 heavy (non-hydrogen) atoms. The number of hydrogen-bond acceptors (Lipinski definition) is 4. The largest absolute Gasteiger partial charge is 0.332 e. The molecule has 2 heterocycles. The lowest BCUT2D eigenvalue weighted by molar-refractivity contribution is 0.431. The molecular formula is C20H18N4O. The first-order valence-electron chi connectivity index (χ1n) is 8.15. The Balaban J connectivity index is 1.67. The van der Waals surface area contributed by atoms with Gasteiger partial charge in [0.05, 0.1) is 5.69 Å². The molecular weight excluding hydrogens is 312 g/mol. The number of aromatic nitrogens is 4. The Bertz CT molecular complexity index is 1050. The molecule has 0 saturated carbocycles. The van der Waals surface area contributed by atoms with E-state index in [1.807, 2.05) is 37.3 Å². The highest BCUT2D eigenvalue weighted by Gasteiger charge is 2.15. The van der Waals surface area contributed by atoms with Gasteiger partial charge in [-0.05, 0) is 49.6 Å². The van der Waals surface area contributed by atoms with Gasteiger partial charge in [0, 0.05) is 11.1 Å². The second kappa shape index (κ2) is 6.02. The Kier molecular flexibility index (Phi) is 3.69. The van der Waals surface area contributed by atoms with Gasteiger partial charge in [0.1, 0.15) is 5.69 Å². The zero-order valence-electron chi connectivity index (χ0n) is 14.4. The van der Waals surface area contributed by atoms with Crippen molar-refractivity contribution in [1.29, 1.82) is 0 Å². The molecule has 4 rings (SSSR count). The minimum atomic E-state index is 0.431. The van der Waals surface area contributed by atoms with Crippen molar-refractivity contribution in [2.24, 2.45) is 0 Å². The van der Waals surface area contributed by atoms with Crippen molar-refractivity contribution in [3.8, 4) is 34.2 Å². The third kappa shape index (κ3) is 2.85. The van der Waals surface area contributed by atoms with Crippen LogP contribution >= 0.6 is 0 Å². The fourth-order valence-electron chi connectivity index (χ4n) is 2.75. The Morgan fingerprint density at radius 3 is 2.52 bits per heavy atom. The van der Waals surface area contributed by atoms with E-state index in [0.717, 1.165) is 22.4 Å². The maximum atomic E-state index is 5.42. The summed E-state index contributed by atoms with van der Waals surface area (Å²) in [5.74, 6) is 1.01. The van der Waals surface area contributed by atoms with Crippen LogP contribution in [0.4, 0.5) is 0 Å². The Hall–Kier alpha value is -3.21. The van der Waals surface area contributed by atoms with E-state index < -0.39 is 0 Å². The first-order valence-corrected chi connectivity index (χ1v) is 8.15. The molecule has 0 unspecified atom stereocenters. The van der Waals surface area contributed by atoms with Crippen molar-refractivity contribution in [2.75, 3.05) is 0 Å². The van der Waals surface area contributed by atoms with Crippen molar-refractivity contribution in [1.82, 2.24) is 20.3 Å². The second-order valence-corrected chi connectivity index (χ2v) is 6.20. The molecule has 0 aliphatic carbocycles. The lowest BCUT2D eigenvalue weighted by Crippen LogP contribution is -1.84. The number of hydrogen-bond donors (Lipinski definition) is 1. The van der Waals surface area contributed by atoms with Crippen LogP contribution in [0.3, 0.4) is 0 Å². The van der Waals surface area contributed by atoms with E-state index in [9.17, 15) is 0 Å². The first kappa shape index (κ1) is 15.3. The van der Waals surface area contributed by atoms with Crippen LogP contribution in [0, 0.1) is 20.8 Å². The molecule has 0 aliphatic heterocycles. The highest BCUT2D eigenvalue weighted by molar-refractivity contribution is 5.67. The smallest absolute Gasteiger partial charge is 0.276 e. The summed E-state index contributed by atoms with van der Waals surface area (Å²) in [5, 5.41) is 11.5. The van der Waals surface area contributed by atoms with Crippen LogP contribution in [-0.2, 0) is 0 Å². The highest BCUT2D eigenvalue weighted by atomic mass is 16.5. The molecule has 1 N–H and O–H groups in total. The summed E-state index contributed by atoms with van der Waals surface area (Å²) in [6.45, 7) is 6.22. The molecule has 2 aromatic carbocycles. The maximum absolute atomic E-state index is 5.42. The van der Waals surface area contributed by atoms with Gasteiger partial charge in [0.25, 0.3) is 5.89 Å². The third-order valence-corrected chi connectivity index (χ3v) is 4.42. The number of H-pyrrole nitrogens is 1. The van der Waals surface area contributed by atoms with Crippen molar-refractivity contribution in [3.05, 3.63) is 65.2 Å². The SMILES string of the molecule is Cc1ccc(-c2cc(-c3nc(-c4ccccc4C)no3)[nH]n2)cc1C. The predicted molar refractivity (Wildman–Crippen MR) is 97.0 cm³/mol. The monoisotopic (exact) mass is 330 g/mol. The van der Waals surface area contributed by atoms with E-state index in [4.69, 9.17) is 4.52 Å². The topological polar surface area (TPSA) is 67.6 Å². The van der Waals surface area contributed by atoms with E-state index in [2.05, 4.69) is 52.4 Å². The molecule has 5 nitrogen and oxygen atoms in total. The summed E-state index contributed by atoms with van der Waals surface area (Å²) >= 11 is 0. The minimum Gasteiger partial charge on any atom is -0.332 e. The molecule has 0 fully saturated rings. The zero-order chi connectivity index (χ0) is 17.4. The molecule has 0 atom stereocenters. The van der Waals surface area contributed by atoms with E-state index in [0.29, 0.717) is 17.4 Å². The lowest BCUT2D eigenvalue weighted by Gasteiger charge is -2.01. The van der Waals surface area contributed by atoms with Crippen molar-refractivity contribution >= 4 is 0 Å². The van der Waals surface area contributed by atoms with Gasteiger partial charge < -0.3 is 4.52 Å². The van der Waals surface area contributed by atoms with Gasteiger partial charge in [-0.1, -0.05) is 41.6 Å². The molecule has 5 heteroatoms. The van der Waals surface area contributed by atoms with Crippen LogP contribution < -0.4 is 0 Å². The average molecular weight is 330 g/mol. The molecule has 124 valence electrons. The number of nitrogens with zero attached hydrogens (tertiary/aromatic N) is 3. The predicted octanol–water partition coefficient (Wildman–Crippen LogP) is 4.72. The molecule has 0 aliphatic rings. The number of nitrogens with one attached hydrogen (secondary N) is 1. The normalized spacial score (nSPS) is 11.0. The third-order valence-electron chi connectivity index (χ3n) is 4.42. The molecule has 0 spiro atoms. The van der Waals surface area contributed by atoms with Gasteiger partial charge in [0.15, 0.2) is 0 Å². The summed E-state index contributed by atoms with van der Waals surface area (Å²) in [6, 6.07) is 16.2. The molecule has 2 aromatic heterocycles. The van der Waals surface area contributed by atoms with Gasteiger partial charge in [0.2, 0.25) is 5.82 Å². The van der Waals surface area contributed by atoms with Gasteiger partial charge in [-0.25, -0.2) is 0 Å². The summed E-state index contributed by atoms with van der Waals surface area (Å²) in [7, 11) is 0. The molecule has 0 amide bonds. The summed E-state index contributed by atoms with van der Waals surface area (Å²) in [6.07, 6.45) is 0. The fourth-order valence-corrected chi connectivity index (χ4v) is 2.75. The highest BCUT2D eigenvalue weighted by Crippen LogP contribution is 2.27. The van der Waals surface area contributed by atoms with Crippen molar-refractivity contribution in [2.45, 2.75) is 20.8 Å². The summed E-state index contributed by atoms with van der Waals surface area (Å²) < 4.78 is 5.42. The molecule has 0 bridgehead atoms. The number of rotatable bonds is 3. The molecule has 4 aromatic rings. The van der Waals surface area contributed by atoms with Crippen LogP contribution in [0.1, 0.15) is 16.7 Å². The Labute approximate surface area is 145 Å². The van der Waals surface area contributed by atoms with E-state index in [1.165, 1.54) is 11.1 Å². The van der Waals surface area contributed by atoms with Crippen molar-refractivity contribution < 1.29 is 4.52 Å². The van der Waals surface area contributed by atoms with Crippen molar-refractivity contribution in [3.63, 3.8) is 0 Å². The average Bonchev–Trinajstić information content (AvgIpc) is 3.27. The number of aromatic amines is 1. The molecule has 0 saturated heterocycles. The lowest BCUT2D eigenvalue weighted by atomic mass is 10.0. The number of benzene rings is 2. The summed E-state index contributed by atoms with van der Waals surface area (Å²) in [4.78, 5) is 4.50. The second-order valence-electron chi connectivity index (χ2n) is 6.20. The zero-order valence-corrected chi connectivity index (χ0v) is 14.4. The molecule has 0 radical (unpaired) electrons. The first-order chi connectivity index (χ1) is 12.1. The Morgan fingerprint density at radius 2 is 1.72 bits per heavy atom. The minimum absolute atomic E-state index is 0.431. The summed E-state index contributed by atoms with van der Waals surface area (Å²) in [5.41, 5.74) is 7.20. The van der Waals surface area contributed by atoms with Crippen LogP contribution in [0.5, 0.6) is 0 Å². The van der Waals surface area contributed by atoms with Gasteiger partial charge in [-0.15, -0.1) is 0 Å². The number of aryl methyl sites for hydroxylation is 3. The maximum Gasteiger partial charge on any atom is 0.276 e. The fraction of sp³-hybridized carbons (Fsp3) is 0.150. The van der Waals surface area contributed by atoms with Gasteiger partial charge in [-0.2, -0.15) is 10.1 Å². The van der Waals surface area contributed by atoms with Crippen LogP contribution in [0.15, 0.2) is 53.1 Å². The van der Waals surface area contributed by atoms with Crippen LogP contribution in [0.2, 0.25) is 0 Å². The Morgan fingerprint density at radius 1 is 0.880 bits per heavy atom. The van der Waals surface area contributed by atoms with E-state index >= 15 is 0 Å². The standard InChI is InChI=1S/C20H18N4O/c1-12-8-9-15(10-14(12)3)17-11-18(23-22-17)20-21-19(24-25-20)16-7-5-4-6-13(16)2/h4-11H,1-3H3,(H,22,23). The van der Waals surface area contributed by atoms with Crippen LogP contribution in [-0.4, -0.2) is 20.3 Å². The quantitative estimate of drug-likeness (QED) is 0.590. The van der Waals surface area contributed by atoms with E-state index in [1.54, 1.807) is 0 Å². The van der Waals surface area contributed by atoms with Gasteiger partial charge >= 0.3 is 0 Å².